The number of carbonyl (C=O) groups excluding carboxylic acids is 1. The van der Waals surface area contributed by atoms with E-state index in [0.717, 1.165) is 28.4 Å². The maximum Gasteiger partial charge on any atom is 0.341 e. The number of ether oxygens (including phenoxy) is 3. The fourth-order valence-electron chi connectivity index (χ4n) is 2.60. The van der Waals surface area contributed by atoms with Crippen LogP contribution in [0.5, 0.6) is 11.5 Å². The van der Waals surface area contributed by atoms with Crippen molar-refractivity contribution in [1.82, 2.24) is 4.98 Å². The van der Waals surface area contributed by atoms with Crippen molar-refractivity contribution >= 4 is 23.0 Å². The van der Waals surface area contributed by atoms with E-state index in [1.54, 1.807) is 36.5 Å². The predicted octanol–water partition coefficient (Wildman–Crippen LogP) is 4.08. The highest BCUT2D eigenvalue weighted by Gasteiger charge is 2.14. The molecule has 146 valence electrons. The van der Waals surface area contributed by atoms with Crippen molar-refractivity contribution in [2.24, 2.45) is 0 Å². The zero-order chi connectivity index (χ0) is 19.9. The molecule has 2 aromatic carbocycles. The van der Waals surface area contributed by atoms with Crippen molar-refractivity contribution in [3.05, 3.63) is 69.7 Å². The van der Waals surface area contributed by atoms with Crippen molar-refractivity contribution in [1.29, 1.82) is 0 Å². The first-order valence-electron chi connectivity index (χ1n) is 8.84. The van der Waals surface area contributed by atoms with Gasteiger partial charge in [-0.15, -0.1) is 11.3 Å². The van der Waals surface area contributed by atoms with Gasteiger partial charge in [0.25, 0.3) is 0 Å². The molecule has 0 saturated heterocycles. The maximum atomic E-state index is 11.9. The summed E-state index contributed by atoms with van der Waals surface area (Å²) in [5.41, 5.74) is 8.85. The van der Waals surface area contributed by atoms with Crippen LogP contribution in [0.2, 0.25) is 0 Å². The molecule has 3 aromatic rings. The summed E-state index contributed by atoms with van der Waals surface area (Å²) < 4.78 is 16.1. The summed E-state index contributed by atoms with van der Waals surface area (Å²) in [7, 11) is 1.51. The van der Waals surface area contributed by atoms with Gasteiger partial charge in [0.2, 0.25) is 0 Å². The maximum absolute atomic E-state index is 11.9. The first-order valence-corrected chi connectivity index (χ1v) is 9.72. The molecule has 0 spiro atoms. The number of nitrogen functional groups attached to an aromatic ring is 1. The summed E-state index contributed by atoms with van der Waals surface area (Å²) in [6.45, 7) is 2.40. The average Bonchev–Trinajstić information content (AvgIpc) is 3.15. The molecule has 0 atom stereocenters. The van der Waals surface area contributed by atoms with Crippen LogP contribution in [0.3, 0.4) is 0 Å². The second kappa shape index (κ2) is 9.23. The van der Waals surface area contributed by atoms with Crippen molar-refractivity contribution < 1.29 is 19.0 Å². The number of rotatable bonds is 8. The molecule has 28 heavy (non-hydrogen) atoms. The topological polar surface area (TPSA) is 83.7 Å². The van der Waals surface area contributed by atoms with E-state index in [0.29, 0.717) is 30.3 Å². The van der Waals surface area contributed by atoms with Crippen LogP contribution in [0.25, 0.3) is 0 Å². The van der Waals surface area contributed by atoms with Gasteiger partial charge in [-0.3, -0.25) is 0 Å². The molecule has 0 aliphatic rings. The highest BCUT2D eigenvalue weighted by atomic mass is 32.1. The van der Waals surface area contributed by atoms with E-state index in [-0.39, 0.29) is 0 Å². The average molecular weight is 398 g/mol. The van der Waals surface area contributed by atoms with E-state index < -0.39 is 5.97 Å². The minimum Gasteiger partial charge on any atom is -0.496 e. The number of thiazole rings is 1. The molecular formula is C21H22N2O4S. The molecule has 1 aromatic heterocycles. The van der Waals surface area contributed by atoms with Crippen LogP contribution in [0.15, 0.2) is 47.8 Å². The Labute approximate surface area is 167 Å². The number of hydrogen-bond donors (Lipinski definition) is 1. The number of aromatic nitrogens is 1. The fraction of sp³-hybridized carbons (Fsp3) is 0.238. The number of nitrogens with two attached hydrogens (primary N) is 1. The Bertz CT molecular complexity index is 938. The van der Waals surface area contributed by atoms with Gasteiger partial charge < -0.3 is 19.9 Å². The molecule has 0 amide bonds. The molecular weight excluding hydrogens is 376 g/mol. The van der Waals surface area contributed by atoms with E-state index in [1.807, 2.05) is 29.6 Å². The normalized spacial score (nSPS) is 10.5. The van der Waals surface area contributed by atoms with Crippen molar-refractivity contribution in [3.63, 3.8) is 0 Å². The van der Waals surface area contributed by atoms with Gasteiger partial charge in [-0.25, -0.2) is 9.78 Å². The molecule has 0 fully saturated rings. The van der Waals surface area contributed by atoms with Crippen molar-refractivity contribution in [2.45, 2.75) is 20.0 Å². The Morgan fingerprint density at radius 1 is 1.18 bits per heavy atom. The van der Waals surface area contributed by atoms with Gasteiger partial charge in [0.15, 0.2) is 0 Å². The van der Waals surface area contributed by atoms with E-state index in [1.165, 1.54) is 7.11 Å². The molecule has 0 saturated carbocycles. The minimum atomic E-state index is -0.419. The largest absolute Gasteiger partial charge is 0.496 e. The second-order valence-electron chi connectivity index (χ2n) is 6.02. The SMILES string of the molecule is CCOC(=O)c1ccc(OCc2csc(Cc3ccc(N)cc3)n2)cc1OC. The zero-order valence-electron chi connectivity index (χ0n) is 15.8. The van der Waals surface area contributed by atoms with Gasteiger partial charge in [0.1, 0.15) is 23.7 Å². The van der Waals surface area contributed by atoms with Crippen LogP contribution in [0.1, 0.15) is 33.5 Å². The summed E-state index contributed by atoms with van der Waals surface area (Å²) in [5, 5.41) is 3.00. The van der Waals surface area contributed by atoms with Crippen LogP contribution in [0.4, 0.5) is 5.69 Å². The molecule has 6 nitrogen and oxygen atoms in total. The molecule has 0 radical (unpaired) electrons. The Hall–Kier alpha value is -3.06. The number of methoxy groups -OCH3 is 1. The van der Waals surface area contributed by atoms with Gasteiger partial charge in [-0.05, 0) is 36.8 Å². The first-order chi connectivity index (χ1) is 13.6. The van der Waals surface area contributed by atoms with Crippen LogP contribution in [-0.4, -0.2) is 24.7 Å². The Kier molecular flexibility index (Phi) is 6.49. The zero-order valence-corrected chi connectivity index (χ0v) is 16.6. The molecule has 0 bridgehead atoms. The van der Waals surface area contributed by atoms with Gasteiger partial charge in [0, 0.05) is 23.6 Å². The highest BCUT2D eigenvalue weighted by molar-refractivity contribution is 7.09. The van der Waals surface area contributed by atoms with Crippen LogP contribution >= 0.6 is 11.3 Å². The Morgan fingerprint density at radius 2 is 1.96 bits per heavy atom. The van der Waals surface area contributed by atoms with Crippen molar-refractivity contribution in [2.75, 3.05) is 19.5 Å². The molecule has 0 unspecified atom stereocenters. The number of benzene rings is 2. The van der Waals surface area contributed by atoms with Crippen LogP contribution in [-0.2, 0) is 17.8 Å². The van der Waals surface area contributed by atoms with E-state index >= 15 is 0 Å². The van der Waals surface area contributed by atoms with Crippen molar-refractivity contribution in [3.8, 4) is 11.5 Å². The lowest BCUT2D eigenvalue weighted by molar-refractivity contribution is 0.0522. The second-order valence-corrected chi connectivity index (χ2v) is 6.96. The predicted molar refractivity (Wildman–Crippen MR) is 109 cm³/mol. The standard InChI is InChI=1S/C21H22N2O4S/c1-3-26-21(24)18-9-8-17(11-19(18)25-2)27-12-16-13-28-20(23-16)10-14-4-6-15(22)7-5-14/h4-9,11,13H,3,10,12,22H2,1-2H3. The monoisotopic (exact) mass is 398 g/mol. The first kappa shape index (κ1) is 19.7. The molecule has 3 rings (SSSR count). The Balaban J connectivity index is 1.62. The molecule has 7 heteroatoms. The third-order valence-electron chi connectivity index (χ3n) is 3.99. The van der Waals surface area contributed by atoms with E-state index in [2.05, 4.69) is 4.98 Å². The van der Waals surface area contributed by atoms with Gasteiger partial charge in [-0.2, -0.15) is 0 Å². The van der Waals surface area contributed by atoms with Gasteiger partial charge >= 0.3 is 5.97 Å². The quantitative estimate of drug-likeness (QED) is 0.455. The highest BCUT2D eigenvalue weighted by Crippen LogP contribution is 2.26. The number of carbonyl (C=O) groups is 1. The minimum absolute atomic E-state index is 0.308. The van der Waals surface area contributed by atoms with Crippen LogP contribution in [0, 0.1) is 0 Å². The lowest BCUT2D eigenvalue weighted by atomic mass is 10.1. The van der Waals surface area contributed by atoms with Gasteiger partial charge in [-0.1, -0.05) is 12.1 Å². The number of esters is 1. The molecule has 0 aliphatic heterocycles. The summed E-state index contributed by atoms with van der Waals surface area (Å²) in [4.78, 5) is 16.5. The molecule has 1 heterocycles. The van der Waals surface area contributed by atoms with Crippen LogP contribution < -0.4 is 15.2 Å². The number of nitrogens with zero attached hydrogens (tertiary/aromatic N) is 1. The fourth-order valence-corrected chi connectivity index (χ4v) is 3.42. The van der Waals surface area contributed by atoms with E-state index in [4.69, 9.17) is 19.9 Å². The summed E-state index contributed by atoms with van der Waals surface area (Å²) in [6.07, 6.45) is 0.757. The Morgan fingerprint density at radius 3 is 2.68 bits per heavy atom. The molecule has 2 N–H and O–H groups in total. The summed E-state index contributed by atoms with van der Waals surface area (Å²) >= 11 is 1.59. The third-order valence-corrected chi connectivity index (χ3v) is 4.89. The lowest BCUT2D eigenvalue weighted by Crippen LogP contribution is -2.07. The smallest absolute Gasteiger partial charge is 0.341 e. The summed E-state index contributed by atoms with van der Waals surface area (Å²) in [5.74, 6) is 0.592. The third kappa shape index (κ3) is 5.01. The molecule has 0 aliphatic carbocycles. The number of anilines is 1. The summed E-state index contributed by atoms with van der Waals surface area (Å²) in [6, 6.07) is 12.8. The number of hydrogen-bond acceptors (Lipinski definition) is 7. The lowest BCUT2D eigenvalue weighted by Gasteiger charge is -2.10. The van der Waals surface area contributed by atoms with E-state index in [9.17, 15) is 4.79 Å². The van der Waals surface area contributed by atoms with Gasteiger partial charge in [0.05, 0.1) is 24.4 Å².